The summed E-state index contributed by atoms with van der Waals surface area (Å²) in [6.07, 6.45) is 10.5. The third-order valence-electron chi connectivity index (χ3n) is 4.50. The Kier molecular flexibility index (Phi) is 2.53. The van der Waals surface area contributed by atoms with E-state index in [9.17, 15) is 0 Å². The fourth-order valence-corrected chi connectivity index (χ4v) is 5.14. The quantitative estimate of drug-likeness (QED) is 0.661. The van der Waals surface area contributed by atoms with E-state index in [-0.39, 0.29) is 0 Å². The first-order valence-electron chi connectivity index (χ1n) is 6.27. The topological polar surface area (TPSA) is 12.0 Å². The molecule has 14 heavy (non-hydrogen) atoms. The Morgan fingerprint density at radius 3 is 2.71 bits per heavy atom. The monoisotopic (exact) mass is 211 g/mol. The van der Waals surface area contributed by atoms with E-state index in [1.54, 1.807) is 0 Å². The highest BCUT2D eigenvalue weighted by Gasteiger charge is 2.43. The van der Waals surface area contributed by atoms with Gasteiger partial charge in [0.15, 0.2) is 0 Å². The van der Waals surface area contributed by atoms with Crippen LogP contribution in [-0.4, -0.2) is 17.2 Å². The van der Waals surface area contributed by atoms with Crippen LogP contribution in [-0.2, 0) is 0 Å². The normalized spacial score (nSPS) is 48.0. The molecule has 1 saturated heterocycles. The van der Waals surface area contributed by atoms with Crippen molar-refractivity contribution in [1.82, 2.24) is 5.32 Å². The molecule has 1 N–H and O–H groups in total. The second-order valence-corrected chi connectivity index (χ2v) is 6.80. The minimum atomic E-state index is 0.526. The van der Waals surface area contributed by atoms with Crippen molar-refractivity contribution >= 4 is 11.8 Å². The molecule has 0 radical (unpaired) electrons. The number of thioether (sulfide) groups is 1. The van der Waals surface area contributed by atoms with E-state index in [0.29, 0.717) is 4.87 Å². The molecule has 0 aromatic heterocycles. The third kappa shape index (κ3) is 1.61. The van der Waals surface area contributed by atoms with Gasteiger partial charge >= 0.3 is 0 Å². The summed E-state index contributed by atoms with van der Waals surface area (Å²) in [5.74, 6) is 3.50. The Morgan fingerprint density at radius 2 is 1.93 bits per heavy atom. The molecule has 2 saturated carbocycles. The van der Waals surface area contributed by atoms with Crippen molar-refractivity contribution in [2.45, 2.75) is 49.8 Å². The summed E-state index contributed by atoms with van der Waals surface area (Å²) in [5.41, 5.74) is 0. The highest BCUT2D eigenvalue weighted by molar-refractivity contribution is 8.00. The zero-order valence-electron chi connectivity index (χ0n) is 8.93. The van der Waals surface area contributed by atoms with Gasteiger partial charge in [-0.25, -0.2) is 0 Å². The largest absolute Gasteiger partial charge is 0.302 e. The molecule has 0 unspecified atom stereocenters. The van der Waals surface area contributed by atoms with Gasteiger partial charge in [0.2, 0.25) is 0 Å². The van der Waals surface area contributed by atoms with Gasteiger partial charge in [-0.05, 0) is 31.1 Å². The van der Waals surface area contributed by atoms with Crippen LogP contribution in [0.1, 0.15) is 44.9 Å². The Hall–Kier alpha value is 0.310. The van der Waals surface area contributed by atoms with Crippen molar-refractivity contribution < 1.29 is 0 Å². The Bertz CT molecular complexity index is 210. The second-order valence-electron chi connectivity index (χ2n) is 5.32. The van der Waals surface area contributed by atoms with Crippen LogP contribution < -0.4 is 5.32 Å². The molecule has 1 heterocycles. The first-order valence-corrected chi connectivity index (χ1v) is 7.26. The molecule has 1 aliphatic heterocycles. The van der Waals surface area contributed by atoms with E-state index in [0.717, 1.165) is 11.8 Å². The summed E-state index contributed by atoms with van der Waals surface area (Å²) in [4.78, 5) is 0.526. The fraction of sp³-hybridized carbons (Fsp3) is 1.00. The molecule has 3 aliphatic rings. The summed E-state index contributed by atoms with van der Waals surface area (Å²) in [5, 5.41) is 3.77. The van der Waals surface area contributed by atoms with Crippen molar-refractivity contribution in [3.63, 3.8) is 0 Å². The van der Waals surface area contributed by atoms with Gasteiger partial charge in [0.25, 0.3) is 0 Å². The number of hydrogen-bond donors (Lipinski definition) is 1. The lowest BCUT2D eigenvalue weighted by Crippen LogP contribution is -2.45. The van der Waals surface area contributed by atoms with Crippen LogP contribution in [0.3, 0.4) is 0 Å². The van der Waals surface area contributed by atoms with Crippen molar-refractivity contribution in [1.29, 1.82) is 0 Å². The fourth-order valence-electron chi connectivity index (χ4n) is 3.75. The lowest BCUT2D eigenvalue weighted by molar-refractivity contribution is 0.135. The van der Waals surface area contributed by atoms with Gasteiger partial charge in [0.1, 0.15) is 0 Å². The van der Waals surface area contributed by atoms with Crippen molar-refractivity contribution in [2.75, 3.05) is 12.3 Å². The maximum absolute atomic E-state index is 3.77. The summed E-state index contributed by atoms with van der Waals surface area (Å²) in [7, 11) is 0. The zero-order chi connectivity index (χ0) is 9.43. The van der Waals surface area contributed by atoms with Crippen molar-refractivity contribution in [2.24, 2.45) is 11.8 Å². The predicted molar refractivity (Wildman–Crippen MR) is 62.5 cm³/mol. The Morgan fingerprint density at radius 1 is 1.07 bits per heavy atom. The zero-order valence-corrected chi connectivity index (χ0v) is 9.74. The maximum Gasteiger partial charge on any atom is 0.0648 e. The first kappa shape index (κ1) is 9.53. The minimum Gasteiger partial charge on any atom is -0.302 e. The highest BCUT2D eigenvalue weighted by Crippen LogP contribution is 2.49. The van der Waals surface area contributed by atoms with E-state index in [4.69, 9.17) is 0 Å². The SMILES string of the molecule is C1CC[C@@H]2C[C@@]3(CC[C@H]2C1)NCCS3. The molecule has 3 rings (SSSR count). The number of hydrogen-bond acceptors (Lipinski definition) is 2. The van der Waals surface area contributed by atoms with E-state index < -0.39 is 0 Å². The smallest absolute Gasteiger partial charge is 0.0648 e. The summed E-state index contributed by atoms with van der Waals surface area (Å²) in [6.45, 7) is 1.25. The molecule has 1 nitrogen and oxygen atoms in total. The average molecular weight is 211 g/mol. The van der Waals surface area contributed by atoms with Crippen LogP contribution >= 0.6 is 11.8 Å². The number of rotatable bonds is 0. The molecular weight excluding hydrogens is 190 g/mol. The van der Waals surface area contributed by atoms with Crippen LogP contribution in [0, 0.1) is 11.8 Å². The summed E-state index contributed by atoms with van der Waals surface area (Å²) < 4.78 is 0. The van der Waals surface area contributed by atoms with Gasteiger partial charge in [-0.3, -0.25) is 0 Å². The Labute approximate surface area is 91.4 Å². The summed E-state index contributed by atoms with van der Waals surface area (Å²) >= 11 is 2.21. The van der Waals surface area contributed by atoms with Crippen LogP contribution in [0.5, 0.6) is 0 Å². The number of fused-ring (bicyclic) bond motifs is 1. The van der Waals surface area contributed by atoms with Crippen LogP contribution in [0.25, 0.3) is 0 Å². The molecule has 2 aliphatic carbocycles. The Balaban J connectivity index is 1.70. The van der Waals surface area contributed by atoms with Gasteiger partial charge in [-0.2, -0.15) is 0 Å². The molecule has 0 bridgehead atoms. The van der Waals surface area contributed by atoms with Gasteiger partial charge in [0, 0.05) is 12.3 Å². The van der Waals surface area contributed by atoms with Gasteiger partial charge < -0.3 is 5.32 Å². The van der Waals surface area contributed by atoms with Crippen LogP contribution in [0.15, 0.2) is 0 Å². The van der Waals surface area contributed by atoms with E-state index in [1.807, 2.05) is 0 Å². The molecule has 80 valence electrons. The van der Waals surface area contributed by atoms with E-state index >= 15 is 0 Å². The average Bonchev–Trinajstić information content (AvgIpc) is 2.66. The lowest BCUT2D eigenvalue weighted by Gasteiger charge is -2.44. The molecule has 0 aromatic rings. The van der Waals surface area contributed by atoms with Gasteiger partial charge in [-0.1, -0.05) is 25.7 Å². The number of nitrogens with one attached hydrogen (secondary N) is 1. The van der Waals surface area contributed by atoms with Gasteiger partial charge in [-0.15, -0.1) is 11.8 Å². The van der Waals surface area contributed by atoms with Crippen LogP contribution in [0.4, 0.5) is 0 Å². The molecular formula is C12H21NS. The lowest BCUT2D eigenvalue weighted by atomic mass is 9.69. The van der Waals surface area contributed by atoms with Crippen LogP contribution in [0.2, 0.25) is 0 Å². The van der Waals surface area contributed by atoms with Crippen molar-refractivity contribution in [3.05, 3.63) is 0 Å². The van der Waals surface area contributed by atoms with Gasteiger partial charge in [0.05, 0.1) is 4.87 Å². The molecule has 2 heteroatoms. The first-order chi connectivity index (χ1) is 6.88. The maximum atomic E-state index is 3.77. The highest BCUT2D eigenvalue weighted by atomic mass is 32.2. The molecule has 3 atom stereocenters. The standard InChI is InChI=1S/C12H21NS/c1-2-4-11-9-12(13-7-8-14-12)6-5-10(11)3-1/h10-11,13H,1-9H2/t10-,11-,12+/m1/s1. The second kappa shape index (κ2) is 3.71. The minimum absolute atomic E-state index is 0.526. The molecule has 3 fully saturated rings. The molecule has 0 aromatic carbocycles. The van der Waals surface area contributed by atoms with E-state index in [1.165, 1.54) is 57.2 Å². The molecule has 1 spiro atoms. The van der Waals surface area contributed by atoms with E-state index in [2.05, 4.69) is 17.1 Å². The van der Waals surface area contributed by atoms with Crippen molar-refractivity contribution in [3.8, 4) is 0 Å². The third-order valence-corrected chi connectivity index (χ3v) is 5.98. The predicted octanol–water partition coefficient (Wildman–Crippen LogP) is 3.01. The summed E-state index contributed by atoms with van der Waals surface area (Å²) in [6, 6.07) is 0. The molecule has 0 amide bonds.